The van der Waals surface area contributed by atoms with Crippen molar-refractivity contribution >= 4 is 11.8 Å². The minimum Gasteiger partial charge on any atom is -0.354 e. The minimum atomic E-state index is 0.154. The van der Waals surface area contributed by atoms with Gasteiger partial charge in [0.05, 0.1) is 0 Å². The van der Waals surface area contributed by atoms with E-state index in [1.165, 1.54) is 154 Å². The molecule has 0 spiro atoms. The Morgan fingerprint density at radius 1 is 0.383 bits per heavy atom. The second kappa shape index (κ2) is 37.7. The Morgan fingerprint density at radius 3 is 0.957 bits per heavy atom. The number of nitrogens with one attached hydrogen (secondary N) is 4. The lowest BCUT2D eigenvalue weighted by molar-refractivity contribution is -0.122. The number of rotatable bonds is 38. The van der Waals surface area contributed by atoms with E-state index in [9.17, 15) is 9.59 Å². The normalized spacial score (nSPS) is 12.7. The molecule has 2 amide bonds. The summed E-state index contributed by atoms with van der Waals surface area (Å²) in [5.41, 5.74) is 0. The fourth-order valence-electron chi connectivity index (χ4n) is 6.41. The fourth-order valence-corrected chi connectivity index (χ4v) is 6.41. The van der Waals surface area contributed by atoms with Crippen molar-refractivity contribution < 1.29 is 9.59 Å². The summed E-state index contributed by atoms with van der Waals surface area (Å²) in [7, 11) is 0. The third-order valence-corrected chi connectivity index (χ3v) is 9.56. The molecule has 0 aromatic heterocycles. The molecule has 0 heterocycles. The summed E-state index contributed by atoms with van der Waals surface area (Å²) in [6.45, 7) is 12.0. The van der Waals surface area contributed by atoms with Crippen LogP contribution in [0.3, 0.4) is 0 Å². The van der Waals surface area contributed by atoms with Crippen molar-refractivity contribution in [3.8, 4) is 0 Å². The van der Waals surface area contributed by atoms with Gasteiger partial charge < -0.3 is 21.3 Å². The maximum Gasteiger partial charge on any atom is 0.221 e. The van der Waals surface area contributed by atoms with Gasteiger partial charge in [-0.05, 0) is 46.2 Å². The van der Waals surface area contributed by atoms with Crippen LogP contribution in [-0.2, 0) is 9.59 Å². The molecular formula is C41H84N4O2. The molecule has 0 aliphatic carbocycles. The molecular weight excluding hydrogens is 580 g/mol. The Balaban J connectivity index is 3.42. The Hall–Kier alpha value is -1.14. The van der Waals surface area contributed by atoms with Crippen LogP contribution in [0, 0.1) is 0 Å². The van der Waals surface area contributed by atoms with E-state index >= 15 is 0 Å². The average molecular weight is 665 g/mol. The van der Waals surface area contributed by atoms with Crippen molar-refractivity contribution in [2.75, 3.05) is 26.2 Å². The molecule has 0 aromatic rings. The molecule has 0 fully saturated rings. The van der Waals surface area contributed by atoms with Crippen LogP contribution in [0.4, 0.5) is 0 Å². The van der Waals surface area contributed by atoms with E-state index in [2.05, 4.69) is 49.0 Å². The molecule has 6 heteroatoms. The van der Waals surface area contributed by atoms with Gasteiger partial charge in [0.25, 0.3) is 0 Å². The lowest BCUT2D eigenvalue weighted by atomic mass is 10.0. The first kappa shape index (κ1) is 45.9. The molecule has 280 valence electrons. The Morgan fingerprint density at radius 2 is 0.660 bits per heavy atom. The molecule has 0 aliphatic heterocycles. The molecule has 2 atom stereocenters. The molecule has 6 nitrogen and oxygen atoms in total. The second-order valence-electron chi connectivity index (χ2n) is 14.6. The van der Waals surface area contributed by atoms with Gasteiger partial charge in [-0.15, -0.1) is 0 Å². The lowest BCUT2D eigenvalue weighted by Gasteiger charge is -2.14. The van der Waals surface area contributed by atoms with E-state index in [-0.39, 0.29) is 23.9 Å². The second-order valence-corrected chi connectivity index (χ2v) is 14.6. The summed E-state index contributed by atoms with van der Waals surface area (Å²) < 4.78 is 0. The first-order valence-electron chi connectivity index (χ1n) is 21.0. The molecule has 0 saturated heterocycles. The quantitative estimate of drug-likeness (QED) is 0.0495. The van der Waals surface area contributed by atoms with Crippen LogP contribution in [-0.4, -0.2) is 50.1 Å². The third-order valence-electron chi connectivity index (χ3n) is 9.56. The summed E-state index contributed by atoms with van der Waals surface area (Å²) in [5.74, 6) is 0.308. The molecule has 47 heavy (non-hydrogen) atoms. The largest absolute Gasteiger partial charge is 0.354 e. The molecule has 0 rings (SSSR count). The minimum absolute atomic E-state index is 0.154. The molecule has 0 saturated carbocycles. The maximum absolute atomic E-state index is 12.2. The maximum atomic E-state index is 12.2. The smallest absolute Gasteiger partial charge is 0.221 e. The zero-order valence-electron chi connectivity index (χ0n) is 32.3. The van der Waals surface area contributed by atoms with Crippen molar-refractivity contribution in [1.82, 2.24) is 21.3 Å². The number of carbonyl (C=O) groups excluding carboxylic acids is 2. The highest BCUT2D eigenvalue weighted by Crippen LogP contribution is 2.14. The highest BCUT2D eigenvalue weighted by Gasteiger charge is 2.08. The van der Waals surface area contributed by atoms with Crippen molar-refractivity contribution in [2.24, 2.45) is 0 Å². The van der Waals surface area contributed by atoms with Crippen molar-refractivity contribution in [3.05, 3.63) is 0 Å². The standard InChI is InChI=1S/C41H84N4O2/c1-5-7-9-11-13-15-17-19-21-23-25-27-30-38(3)44-40(46)32-36-42-34-29-35-43-37-33-41(47)45-39(4)31-28-26-24-22-20-18-16-14-12-10-8-6-2/h38-39,42-43H,5-37H2,1-4H3,(H,44,46)(H,45,47). The molecule has 0 radical (unpaired) electrons. The number of amides is 2. The lowest BCUT2D eigenvalue weighted by Crippen LogP contribution is -2.35. The molecule has 0 aliphatic rings. The van der Waals surface area contributed by atoms with E-state index in [4.69, 9.17) is 0 Å². The topological polar surface area (TPSA) is 82.3 Å². The first-order valence-corrected chi connectivity index (χ1v) is 21.0. The van der Waals surface area contributed by atoms with Gasteiger partial charge in [0.2, 0.25) is 11.8 Å². The summed E-state index contributed by atoms with van der Waals surface area (Å²) in [6.07, 6.45) is 37.0. The first-order chi connectivity index (χ1) is 23.0. The molecule has 0 bridgehead atoms. The van der Waals surface area contributed by atoms with E-state index in [0.29, 0.717) is 12.8 Å². The Labute approximate surface area is 294 Å². The molecule has 2 unspecified atom stereocenters. The monoisotopic (exact) mass is 665 g/mol. The highest BCUT2D eigenvalue weighted by atomic mass is 16.2. The number of unbranched alkanes of at least 4 members (excludes halogenated alkanes) is 22. The Bertz CT molecular complexity index is 605. The van der Waals surface area contributed by atoms with Gasteiger partial charge in [0.15, 0.2) is 0 Å². The van der Waals surface area contributed by atoms with Crippen LogP contribution in [0.1, 0.15) is 214 Å². The molecule has 0 aromatic carbocycles. The van der Waals surface area contributed by atoms with Gasteiger partial charge in [-0.3, -0.25) is 9.59 Å². The van der Waals surface area contributed by atoms with Gasteiger partial charge in [-0.2, -0.15) is 0 Å². The van der Waals surface area contributed by atoms with E-state index in [1.54, 1.807) is 0 Å². The van der Waals surface area contributed by atoms with Crippen LogP contribution in [0.2, 0.25) is 0 Å². The summed E-state index contributed by atoms with van der Waals surface area (Å²) in [4.78, 5) is 24.5. The number of hydrogen-bond acceptors (Lipinski definition) is 4. The van der Waals surface area contributed by atoms with Gasteiger partial charge in [-0.25, -0.2) is 0 Å². The van der Waals surface area contributed by atoms with Crippen LogP contribution >= 0.6 is 0 Å². The van der Waals surface area contributed by atoms with E-state index in [0.717, 1.165) is 45.4 Å². The summed E-state index contributed by atoms with van der Waals surface area (Å²) in [5, 5.41) is 13.1. The predicted octanol–water partition coefficient (Wildman–Crippen LogP) is 10.5. The van der Waals surface area contributed by atoms with Gasteiger partial charge in [-0.1, -0.05) is 168 Å². The third kappa shape index (κ3) is 37.5. The zero-order valence-corrected chi connectivity index (χ0v) is 32.3. The van der Waals surface area contributed by atoms with Crippen LogP contribution in [0.25, 0.3) is 0 Å². The molecule has 4 N–H and O–H groups in total. The zero-order chi connectivity index (χ0) is 34.5. The van der Waals surface area contributed by atoms with Gasteiger partial charge in [0, 0.05) is 38.0 Å². The van der Waals surface area contributed by atoms with Crippen LogP contribution in [0.5, 0.6) is 0 Å². The number of carbonyl (C=O) groups is 2. The Kier molecular flexibility index (Phi) is 36.8. The predicted molar refractivity (Wildman–Crippen MR) is 206 cm³/mol. The van der Waals surface area contributed by atoms with Gasteiger partial charge >= 0.3 is 0 Å². The SMILES string of the molecule is CCCCCCCCCCCCCCC(C)NC(=O)CCNCCCNCCC(=O)NC(C)CCCCCCCCCCCCCC. The van der Waals surface area contributed by atoms with Crippen molar-refractivity contribution in [2.45, 2.75) is 226 Å². The van der Waals surface area contributed by atoms with E-state index in [1.807, 2.05) is 0 Å². The van der Waals surface area contributed by atoms with E-state index < -0.39 is 0 Å². The average Bonchev–Trinajstić information content (AvgIpc) is 3.05. The van der Waals surface area contributed by atoms with Crippen LogP contribution in [0.15, 0.2) is 0 Å². The fraction of sp³-hybridized carbons (Fsp3) is 0.951. The highest BCUT2D eigenvalue weighted by molar-refractivity contribution is 5.76. The van der Waals surface area contributed by atoms with Gasteiger partial charge in [0.1, 0.15) is 0 Å². The van der Waals surface area contributed by atoms with Crippen molar-refractivity contribution in [1.29, 1.82) is 0 Å². The van der Waals surface area contributed by atoms with Crippen molar-refractivity contribution in [3.63, 3.8) is 0 Å². The summed E-state index contributed by atoms with van der Waals surface area (Å²) >= 11 is 0. The van der Waals surface area contributed by atoms with Crippen LogP contribution < -0.4 is 21.3 Å². The number of hydrogen-bond donors (Lipinski definition) is 4. The summed E-state index contributed by atoms with van der Waals surface area (Å²) in [6, 6.07) is 0.536.